The molecule has 0 aromatic heterocycles. The van der Waals surface area contributed by atoms with Gasteiger partial charge in [-0.25, -0.2) is 0 Å². The van der Waals surface area contributed by atoms with Crippen molar-refractivity contribution in [3.05, 3.63) is 47.5 Å². The molecule has 1 aromatic carbocycles. The van der Waals surface area contributed by atoms with E-state index in [4.69, 9.17) is 40.1 Å². The fourth-order valence-electron chi connectivity index (χ4n) is 2.87. The number of allylic oxidation sites excluding steroid dienone is 1. The molecule has 0 unspecified atom stereocenters. The number of nitrogens with zero attached hydrogens (tertiary/aromatic N) is 2. The molecule has 0 saturated carbocycles. The van der Waals surface area contributed by atoms with Gasteiger partial charge in [0.05, 0.1) is 12.1 Å². The smallest absolute Gasteiger partial charge is 0.275 e. The number of carbonyl (C=O) groups excluding carboxylic acids is 1. The molecule has 1 amide bonds. The number of alkyl halides is 3. The molecule has 1 aromatic rings. The van der Waals surface area contributed by atoms with Gasteiger partial charge in [0.1, 0.15) is 0 Å². The maximum Gasteiger partial charge on any atom is 0.275 e. The summed E-state index contributed by atoms with van der Waals surface area (Å²) in [6.45, 7) is 1.92. The van der Waals surface area contributed by atoms with E-state index in [0.717, 1.165) is 11.1 Å². The van der Waals surface area contributed by atoms with Gasteiger partial charge < -0.3 is 4.90 Å². The number of hydrogen-bond acceptors (Lipinski definition) is 2. The minimum absolute atomic E-state index is 0.0922. The largest absolute Gasteiger partial charge is 0.329 e. The van der Waals surface area contributed by atoms with Crippen molar-refractivity contribution in [2.24, 2.45) is 0 Å². The Balaban J connectivity index is 2.32. The van der Waals surface area contributed by atoms with E-state index in [1.54, 1.807) is 4.90 Å². The van der Waals surface area contributed by atoms with Crippen LogP contribution in [-0.4, -0.2) is 20.6 Å². The first-order valence-electron chi connectivity index (χ1n) is 7.38. The highest BCUT2D eigenvalue weighted by atomic mass is 35.6. The first-order valence-corrected chi connectivity index (χ1v) is 8.51. The summed E-state index contributed by atoms with van der Waals surface area (Å²) in [5.41, 5.74) is 1.72. The average Bonchev–Trinajstić information content (AvgIpc) is 2.55. The topological polar surface area (TPSA) is 44.1 Å². The highest BCUT2D eigenvalue weighted by Crippen LogP contribution is 2.36. The van der Waals surface area contributed by atoms with Crippen LogP contribution in [0.5, 0.6) is 0 Å². The lowest BCUT2D eigenvalue weighted by atomic mass is 9.92. The van der Waals surface area contributed by atoms with Crippen molar-refractivity contribution in [3.8, 4) is 6.07 Å². The van der Waals surface area contributed by atoms with Crippen LogP contribution < -0.4 is 0 Å². The number of rotatable bonds is 3. The van der Waals surface area contributed by atoms with Crippen LogP contribution in [0.25, 0.3) is 0 Å². The van der Waals surface area contributed by atoms with Crippen molar-refractivity contribution in [1.82, 2.24) is 4.90 Å². The minimum Gasteiger partial charge on any atom is -0.329 e. The van der Waals surface area contributed by atoms with Gasteiger partial charge in [0.25, 0.3) is 9.70 Å². The van der Waals surface area contributed by atoms with Gasteiger partial charge in [-0.2, -0.15) is 5.26 Å². The molecule has 1 aliphatic carbocycles. The van der Waals surface area contributed by atoms with Gasteiger partial charge in [0, 0.05) is 11.6 Å². The van der Waals surface area contributed by atoms with Crippen molar-refractivity contribution < 1.29 is 4.79 Å². The van der Waals surface area contributed by atoms with E-state index in [2.05, 4.69) is 6.07 Å². The van der Waals surface area contributed by atoms with E-state index in [1.807, 2.05) is 43.3 Å². The number of carbonyl (C=O) groups is 1. The van der Waals surface area contributed by atoms with E-state index in [0.29, 0.717) is 19.3 Å². The number of halogens is 3. The van der Waals surface area contributed by atoms with Gasteiger partial charge in [-0.15, -0.1) is 0 Å². The summed E-state index contributed by atoms with van der Waals surface area (Å²) in [5.74, 6) is -0.530. The van der Waals surface area contributed by atoms with Crippen molar-refractivity contribution >= 4 is 40.7 Å². The Morgan fingerprint density at radius 1 is 1.35 bits per heavy atom. The molecule has 23 heavy (non-hydrogen) atoms. The third-order valence-electron chi connectivity index (χ3n) is 4.10. The molecule has 0 spiro atoms. The first-order chi connectivity index (χ1) is 10.8. The van der Waals surface area contributed by atoms with Crippen LogP contribution in [0.4, 0.5) is 0 Å². The lowest BCUT2D eigenvalue weighted by Gasteiger charge is -2.39. The van der Waals surface area contributed by atoms with Gasteiger partial charge in [-0.1, -0.05) is 71.2 Å². The average molecular weight is 372 g/mol. The second kappa shape index (κ2) is 7.57. The van der Waals surface area contributed by atoms with E-state index in [-0.39, 0.29) is 12.1 Å². The maximum atomic E-state index is 12.7. The summed E-state index contributed by atoms with van der Waals surface area (Å²) in [5, 5.41) is 8.98. The second-order valence-corrected chi connectivity index (χ2v) is 7.85. The van der Waals surface area contributed by atoms with Crippen LogP contribution in [0.15, 0.2) is 42.0 Å². The fraction of sp³-hybridized carbons (Fsp3) is 0.412. The standard InChI is InChI=1S/C17H17Cl3N2O/c1-12(14-5-3-2-4-6-14)22(16(23)17(18,19)20)15-9-7-13(11-21)8-10-15/h2-7,12,15H,8-10H2,1H3/t12-,15+/m0/s1. The summed E-state index contributed by atoms with van der Waals surface area (Å²) in [6, 6.07) is 11.5. The summed E-state index contributed by atoms with van der Waals surface area (Å²) in [6.07, 6.45) is 3.77. The number of amides is 1. The first kappa shape index (κ1) is 18.1. The van der Waals surface area contributed by atoms with Gasteiger partial charge in [0.2, 0.25) is 0 Å². The molecule has 122 valence electrons. The van der Waals surface area contributed by atoms with E-state index >= 15 is 0 Å². The minimum atomic E-state index is -2.00. The zero-order valence-electron chi connectivity index (χ0n) is 12.7. The monoisotopic (exact) mass is 370 g/mol. The molecule has 0 saturated heterocycles. The van der Waals surface area contributed by atoms with Gasteiger partial charge >= 0.3 is 0 Å². The molecule has 2 rings (SSSR count). The van der Waals surface area contributed by atoms with Crippen LogP contribution in [0, 0.1) is 11.3 Å². The lowest BCUT2D eigenvalue weighted by molar-refractivity contribution is -0.135. The Morgan fingerprint density at radius 2 is 2.00 bits per heavy atom. The molecule has 0 radical (unpaired) electrons. The van der Waals surface area contributed by atoms with Crippen LogP contribution in [0.1, 0.15) is 37.8 Å². The lowest BCUT2D eigenvalue weighted by Crippen LogP contribution is -2.47. The maximum absolute atomic E-state index is 12.7. The quantitative estimate of drug-likeness (QED) is 0.706. The predicted octanol–water partition coefficient (Wildman–Crippen LogP) is 4.95. The van der Waals surface area contributed by atoms with E-state index in [1.165, 1.54) is 0 Å². The molecular formula is C17H17Cl3N2O. The number of nitriles is 1. The fourth-order valence-corrected chi connectivity index (χ4v) is 3.16. The third-order valence-corrected chi connectivity index (χ3v) is 4.58. The zero-order chi connectivity index (χ0) is 17.0. The molecule has 3 nitrogen and oxygen atoms in total. The third kappa shape index (κ3) is 4.41. The van der Waals surface area contributed by atoms with Crippen molar-refractivity contribution in [2.45, 2.75) is 42.1 Å². The number of hydrogen-bond donors (Lipinski definition) is 0. The van der Waals surface area contributed by atoms with Gasteiger partial charge in [-0.3, -0.25) is 4.79 Å². The van der Waals surface area contributed by atoms with Crippen LogP contribution >= 0.6 is 34.8 Å². The SMILES string of the molecule is C[C@@H](c1ccccc1)N(C(=O)C(Cl)(Cl)Cl)[C@@H]1CC=C(C#N)CC1. The summed E-state index contributed by atoms with van der Waals surface area (Å²) < 4.78 is -2.00. The van der Waals surface area contributed by atoms with Crippen molar-refractivity contribution in [3.63, 3.8) is 0 Å². The molecule has 0 heterocycles. The number of benzene rings is 1. The molecule has 1 aliphatic rings. The second-order valence-electron chi connectivity index (χ2n) is 5.57. The summed E-state index contributed by atoms with van der Waals surface area (Å²) in [7, 11) is 0. The Hall–Kier alpha value is -1.21. The molecule has 0 fully saturated rings. The van der Waals surface area contributed by atoms with E-state index in [9.17, 15) is 4.79 Å². The van der Waals surface area contributed by atoms with Gasteiger partial charge in [-0.05, 0) is 31.7 Å². The van der Waals surface area contributed by atoms with Crippen LogP contribution in [0.3, 0.4) is 0 Å². The molecular weight excluding hydrogens is 355 g/mol. The zero-order valence-corrected chi connectivity index (χ0v) is 14.9. The Bertz CT molecular complexity index is 631. The molecule has 0 N–H and O–H groups in total. The molecule has 0 bridgehead atoms. The normalized spacial score (nSPS) is 19.4. The van der Waals surface area contributed by atoms with Crippen molar-refractivity contribution in [2.75, 3.05) is 0 Å². The van der Waals surface area contributed by atoms with Crippen LogP contribution in [0.2, 0.25) is 0 Å². The summed E-state index contributed by atoms with van der Waals surface area (Å²) in [4.78, 5) is 14.3. The van der Waals surface area contributed by atoms with Crippen molar-refractivity contribution in [1.29, 1.82) is 5.26 Å². The Kier molecular flexibility index (Phi) is 5.97. The van der Waals surface area contributed by atoms with Crippen LogP contribution in [-0.2, 0) is 4.79 Å². The summed E-state index contributed by atoms with van der Waals surface area (Å²) >= 11 is 17.6. The van der Waals surface area contributed by atoms with Gasteiger partial charge in [0.15, 0.2) is 0 Å². The predicted molar refractivity (Wildman–Crippen MR) is 93.3 cm³/mol. The highest BCUT2D eigenvalue weighted by Gasteiger charge is 2.41. The molecule has 0 aliphatic heterocycles. The molecule has 2 atom stereocenters. The molecule has 6 heteroatoms. The Labute approximate surface area is 151 Å². The highest BCUT2D eigenvalue weighted by molar-refractivity contribution is 6.76. The van der Waals surface area contributed by atoms with E-state index < -0.39 is 9.70 Å². The Morgan fingerprint density at radius 3 is 2.48 bits per heavy atom.